The van der Waals surface area contributed by atoms with Crippen molar-refractivity contribution in [2.75, 3.05) is 26.2 Å². The van der Waals surface area contributed by atoms with Gasteiger partial charge in [0.05, 0.1) is 6.54 Å². The van der Waals surface area contributed by atoms with Gasteiger partial charge in [-0.15, -0.1) is 0 Å². The van der Waals surface area contributed by atoms with Crippen LogP contribution >= 0.6 is 0 Å². The number of benzene rings is 1. The number of allylic oxidation sites excluding steroid dienone is 2. The number of hydrogen-bond acceptors (Lipinski definition) is 3. The number of hydrogen-bond donors (Lipinski definition) is 0. The smallest absolute Gasteiger partial charge is 0.247 e. The highest BCUT2D eigenvalue weighted by molar-refractivity contribution is 5.95. The van der Waals surface area contributed by atoms with Crippen molar-refractivity contribution in [2.24, 2.45) is 5.92 Å². The standard InChI is InChI=1S/C21H25N3O3/c25-19-15-23(13-16-7-2-1-3-8-16)21(27)18-14-22(11-6-12-24(18)19)20(26)17-9-4-5-10-17/h1-5,7-8,17-18H,6,9-15H2. The molecule has 3 amide bonds. The molecule has 0 spiro atoms. The molecule has 1 aliphatic carbocycles. The zero-order chi connectivity index (χ0) is 18.8. The van der Waals surface area contributed by atoms with Gasteiger partial charge in [-0.3, -0.25) is 14.4 Å². The number of nitrogens with zero attached hydrogens (tertiary/aromatic N) is 3. The van der Waals surface area contributed by atoms with Crippen LogP contribution in [0.25, 0.3) is 0 Å². The lowest BCUT2D eigenvalue weighted by atomic mass is 10.0. The fourth-order valence-electron chi connectivity index (χ4n) is 4.25. The minimum Gasteiger partial charge on any atom is -0.340 e. The molecule has 4 rings (SSSR count). The maximum Gasteiger partial charge on any atom is 0.247 e. The summed E-state index contributed by atoms with van der Waals surface area (Å²) in [6.45, 7) is 2.01. The van der Waals surface area contributed by atoms with E-state index in [9.17, 15) is 14.4 Å². The molecule has 2 heterocycles. The second-order valence-electron chi connectivity index (χ2n) is 7.56. The van der Waals surface area contributed by atoms with E-state index in [1.54, 1.807) is 14.7 Å². The third-order valence-electron chi connectivity index (χ3n) is 5.72. The normalized spacial score (nSPS) is 23.6. The summed E-state index contributed by atoms with van der Waals surface area (Å²) >= 11 is 0. The summed E-state index contributed by atoms with van der Waals surface area (Å²) in [7, 11) is 0. The molecule has 0 radical (unpaired) electrons. The van der Waals surface area contributed by atoms with Crippen molar-refractivity contribution in [3.8, 4) is 0 Å². The summed E-state index contributed by atoms with van der Waals surface area (Å²) in [6, 6.07) is 9.15. The first-order valence-electron chi connectivity index (χ1n) is 9.69. The molecule has 1 unspecified atom stereocenters. The lowest BCUT2D eigenvalue weighted by molar-refractivity contribution is -0.157. The Morgan fingerprint density at radius 2 is 1.78 bits per heavy atom. The summed E-state index contributed by atoms with van der Waals surface area (Å²) in [6.07, 6.45) is 6.36. The summed E-state index contributed by atoms with van der Waals surface area (Å²) in [5.74, 6) is 0.0312. The Hall–Kier alpha value is -2.63. The first-order valence-corrected chi connectivity index (χ1v) is 9.69. The molecular formula is C21H25N3O3. The predicted molar refractivity (Wildman–Crippen MR) is 100 cm³/mol. The van der Waals surface area contributed by atoms with E-state index < -0.39 is 6.04 Å². The monoisotopic (exact) mass is 367 g/mol. The van der Waals surface area contributed by atoms with Crippen LogP contribution in [0.3, 0.4) is 0 Å². The molecule has 0 saturated carbocycles. The van der Waals surface area contributed by atoms with E-state index in [2.05, 4.69) is 0 Å². The van der Waals surface area contributed by atoms with Crippen LogP contribution in [0, 0.1) is 5.92 Å². The molecule has 1 atom stereocenters. The summed E-state index contributed by atoms with van der Waals surface area (Å²) in [5.41, 5.74) is 1.01. The van der Waals surface area contributed by atoms with E-state index in [4.69, 9.17) is 0 Å². The van der Waals surface area contributed by atoms with Crippen LogP contribution in [0.4, 0.5) is 0 Å². The van der Waals surface area contributed by atoms with E-state index in [-0.39, 0.29) is 30.2 Å². The average Bonchev–Trinajstić information content (AvgIpc) is 3.12. The van der Waals surface area contributed by atoms with Gasteiger partial charge in [-0.25, -0.2) is 0 Å². The summed E-state index contributed by atoms with van der Waals surface area (Å²) in [5, 5.41) is 0. The number of rotatable bonds is 3. The highest BCUT2D eigenvalue weighted by Gasteiger charge is 2.42. The van der Waals surface area contributed by atoms with Gasteiger partial charge in [0.25, 0.3) is 0 Å². The number of carbonyl (C=O) groups is 3. The summed E-state index contributed by atoms with van der Waals surface area (Å²) < 4.78 is 0. The predicted octanol–water partition coefficient (Wildman–Crippen LogP) is 1.42. The van der Waals surface area contributed by atoms with Crippen LogP contribution < -0.4 is 0 Å². The Balaban J connectivity index is 1.50. The second-order valence-corrected chi connectivity index (χ2v) is 7.56. The van der Waals surface area contributed by atoms with E-state index >= 15 is 0 Å². The van der Waals surface area contributed by atoms with Crippen LogP contribution in [-0.2, 0) is 20.9 Å². The van der Waals surface area contributed by atoms with Gasteiger partial charge in [0.1, 0.15) is 12.6 Å². The maximum atomic E-state index is 13.1. The van der Waals surface area contributed by atoms with Crippen molar-refractivity contribution >= 4 is 17.7 Å². The van der Waals surface area contributed by atoms with Crippen molar-refractivity contribution in [1.82, 2.24) is 14.7 Å². The maximum absolute atomic E-state index is 13.1. The molecular weight excluding hydrogens is 342 g/mol. The molecule has 6 heteroatoms. The van der Waals surface area contributed by atoms with Crippen LogP contribution in [0.5, 0.6) is 0 Å². The van der Waals surface area contributed by atoms with Crippen LogP contribution in [0.1, 0.15) is 24.8 Å². The van der Waals surface area contributed by atoms with Gasteiger partial charge in [0.15, 0.2) is 0 Å². The Kier molecular flexibility index (Phi) is 4.97. The first-order chi connectivity index (χ1) is 13.1. The third kappa shape index (κ3) is 3.61. The summed E-state index contributed by atoms with van der Waals surface area (Å²) in [4.78, 5) is 43.8. The van der Waals surface area contributed by atoms with Gasteiger partial charge >= 0.3 is 0 Å². The molecule has 2 saturated heterocycles. The van der Waals surface area contributed by atoms with Gasteiger partial charge in [0, 0.05) is 25.6 Å². The van der Waals surface area contributed by atoms with Gasteiger partial charge < -0.3 is 14.7 Å². The molecule has 1 aromatic rings. The Morgan fingerprint density at radius 3 is 2.52 bits per heavy atom. The van der Waals surface area contributed by atoms with Crippen LogP contribution in [-0.4, -0.2) is 64.6 Å². The number of piperazine rings is 1. The van der Waals surface area contributed by atoms with Gasteiger partial charge in [-0.05, 0) is 24.8 Å². The fourth-order valence-corrected chi connectivity index (χ4v) is 4.25. The average molecular weight is 367 g/mol. The Morgan fingerprint density at radius 1 is 1.04 bits per heavy atom. The topological polar surface area (TPSA) is 60.9 Å². The fraction of sp³-hybridized carbons (Fsp3) is 0.476. The molecule has 2 aliphatic heterocycles. The molecule has 2 fully saturated rings. The Bertz CT molecular complexity index is 753. The minimum atomic E-state index is -0.559. The quantitative estimate of drug-likeness (QED) is 0.760. The number of amides is 3. The van der Waals surface area contributed by atoms with Crippen molar-refractivity contribution in [3.63, 3.8) is 0 Å². The highest BCUT2D eigenvalue weighted by atomic mass is 16.2. The SMILES string of the molecule is O=C(C1CC=CC1)N1CCCN2C(=O)CN(Cc3ccccc3)C(=O)C2C1. The van der Waals surface area contributed by atoms with E-state index in [1.165, 1.54) is 0 Å². The van der Waals surface area contributed by atoms with Crippen molar-refractivity contribution < 1.29 is 14.4 Å². The van der Waals surface area contributed by atoms with E-state index in [0.717, 1.165) is 24.8 Å². The van der Waals surface area contributed by atoms with E-state index in [1.807, 2.05) is 42.5 Å². The molecule has 6 nitrogen and oxygen atoms in total. The van der Waals surface area contributed by atoms with Crippen molar-refractivity contribution in [1.29, 1.82) is 0 Å². The van der Waals surface area contributed by atoms with Gasteiger partial charge in [-0.1, -0.05) is 42.5 Å². The van der Waals surface area contributed by atoms with Crippen LogP contribution in [0.15, 0.2) is 42.5 Å². The van der Waals surface area contributed by atoms with Gasteiger partial charge in [0.2, 0.25) is 17.7 Å². The lowest BCUT2D eigenvalue weighted by Crippen LogP contribution is -2.61. The zero-order valence-electron chi connectivity index (χ0n) is 15.4. The highest BCUT2D eigenvalue weighted by Crippen LogP contribution is 2.24. The lowest BCUT2D eigenvalue weighted by Gasteiger charge is -2.40. The van der Waals surface area contributed by atoms with Crippen LogP contribution in [0.2, 0.25) is 0 Å². The second kappa shape index (κ2) is 7.55. The Labute approximate surface area is 159 Å². The van der Waals surface area contributed by atoms with Crippen molar-refractivity contribution in [2.45, 2.75) is 31.8 Å². The largest absolute Gasteiger partial charge is 0.340 e. The zero-order valence-corrected chi connectivity index (χ0v) is 15.4. The van der Waals surface area contributed by atoms with Crippen molar-refractivity contribution in [3.05, 3.63) is 48.0 Å². The molecule has 0 aromatic heterocycles. The first kappa shape index (κ1) is 17.8. The number of fused-ring (bicyclic) bond motifs is 1. The van der Waals surface area contributed by atoms with E-state index in [0.29, 0.717) is 26.2 Å². The molecule has 27 heavy (non-hydrogen) atoms. The molecule has 1 aromatic carbocycles. The molecule has 0 bridgehead atoms. The number of carbonyl (C=O) groups excluding carboxylic acids is 3. The third-order valence-corrected chi connectivity index (χ3v) is 5.72. The molecule has 3 aliphatic rings. The minimum absolute atomic E-state index is 0.00799. The molecule has 0 N–H and O–H groups in total. The van der Waals surface area contributed by atoms with Gasteiger partial charge in [-0.2, -0.15) is 0 Å². The molecule has 142 valence electrons.